The predicted octanol–water partition coefficient (Wildman–Crippen LogP) is 1.16. The zero-order chi connectivity index (χ0) is 10.7. The highest BCUT2D eigenvalue weighted by atomic mass is 16.5. The Morgan fingerprint density at radius 3 is 2.73 bits per heavy atom. The SMILES string of the molecule is COC(=O)C1CNCC1c1ccccc1. The number of carbonyl (C=O) groups is 1. The number of rotatable bonds is 2. The second-order valence-electron chi connectivity index (χ2n) is 3.81. The Morgan fingerprint density at radius 1 is 1.33 bits per heavy atom. The van der Waals surface area contributed by atoms with Crippen molar-refractivity contribution in [2.24, 2.45) is 5.92 Å². The predicted molar refractivity (Wildman–Crippen MR) is 57.6 cm³/mol. The normalized spacial score (nSPS) is 25.1. The maximum Gasteiger partial charge on any atom is 0.310 e. The molecule has 1 heterocycles. The third-order valence-electron chi connectivity index (χ3n) is 2.95. The van der Waals surface area contributed by atoms with Gasteiger partial charge in [-0.2, -0.15) is 0 Å². The Balaban J connectivity index is 2.18. The Labute approximate surface area is 89.4 Å². The van der Waals surface area contributed by atoms with Crippen molar-refractivity contribution in [1.82, 2.24) is 5.32 Å². The second-order valence-corrected chi connectivity index (χ2v) is 3.81. The lowest BCUT2D eigenvalue weighted by atomic mass is 9.89. The molecule has 2 unspecified atom stereocenters. The monoisotopic (exact) mass is 205 g/mol. The number of carbonyl (C=O) groups excluding carboxylic acids is 1. The molecule has 2 rings (SSSR count). The van der Waals surface area contributed by atoms with Gasteiger partial charge in [-0.25, -0.2) is 0 Å². The van der Waals surface area contributed by atoms with Crippen molar-refractivity contribution < 1.29 is 9.53 Å². The van der Waals surface area contributed by atoms with Gasteiger partial charge < -0.3 is 10.1 Å². The van der Waals surface area contributed by atoms with Gasteiger partial charge in [0.15, 0.2) is 0 Å². The molecule has 80 valence electrons. The van der Waals surface area contributed by atoms with E-state index < -0.39 is 0 Å². The van der Waals surface area contributed by atoms with Gasteiger partial charge in [-0.3, -0.25) is 4.79 Å². The molecule has 15 heavy (non-hydrogen) atoms. The van der Waals surface area contributed by atoms with Gasteiger partial charge >= 0.3 is 5.97 Å². The first-order chi connectivity index (χ1) is 7.33. The lowest BCUT2D eigenvalue weighted by Crippen LogP contribution is -2.22. The van der Waals surface area contributed by atoms with E-state index in [9.17, 15) is 4.79 Å². The van der Waals surface area contributed by atoms with E-state index >= 15 is 0 Å². The van der Waals surface area contributed by atoms with Gasteiger partial charge in [-0.1, -0.05) is 30.3 Å². The summed E-state index contributed by atoms with van der Waals surface area (Å²) in [5.74, 6) is 0.0879. The van der Waals surface area contributed by atoms with E-state index in [0.29, 0.717) is 6.54 Å². The first kappa shape index (κ1) is 10.2. The van der Waals surface area contributed by atoms with E-state index in [2.05, 4.69) is 17.4 Å². The van der Waals surface area contributed by atoms with Crippen LogP contribution in [0.2, 0.25) is 0 Å². The second kappa shape index (κ2) is 4.45. The van der Waals surface area contributed by atoms with Gasteiger partial charge in [0, 0.05) is 19.0 Å². The van der Waals surface area contributed by atoms with Crippen molar-refractivity contribution in [2.75, 3.05) is 20.2 Å². The molecule has 0 aliphatic carbocycles. The Bertz CT molecular complexity index is 337. The molecule has 1 aromatic carbocycles. The van der Waals surface area contributed by atoms with Gasteiger partial charge in [0.05, 0.1) is 13.0 Å². The minimum atomic E-state index is -0.117. The fraction of sp³-hybridized carbons (Fsp3) is 0.417. The van der Waals surface area contributed by atoms with Crippen LogP contribution in [0.3, 0.4) is 0 Å². The van der Waals surface area contributed by atoms with E-state index in [-0.39, 0.29) is 17.8 Å². The maximum atomic E-state index is 11.5. The van der Waals surface area contributed by atoms with E-state index in [1.807, 2.05) is 18.2 Å². The minimum absolute atomic E-state index is 0.0441. The molecular weight excluding hydrogens is 190 g/mol. The number of hydrogen-bond donors (Lipinski definition) is 1. The zero-order valence-electron chi connectivity index (χ0n) is 8.77. The summed E-state index contributed by atoms with van der Waals surface area (Å²) in [6.07, 6.45) is 0. The summed E-state index contributed by atoms with van der Waals surface area (Å²) >= 11 is 0. The van der Waals surface area contributed by atoms with E-state index in [4.69, 9.17) is 4.74 Å². The quantitative estimate of drug-likeness (QED) is 0.736. The lowest BCUT2D eigenvalue weighted by molar-refractivity contribution is -0.145. The van der Waals surface area contributed by atoms with Crippen LogP contribution in [-0.4, -0.2) is 26.2 Å². The number of methoxy groups -OCH3 is 1. The molecule has 0 amide bonds. The molecule has 0 radical (unpaired) electrons. The molecule has 0 saturated carbocycles. The average Bonchev–Trinajstić information content (AvgIpc) is 2.78. The minimum Gasteiger partial charge on any atom is -0.469 e. The first-order valence-corrected chi connectivity index (χ1v) is 5.16. The number of ether oxygens (including phenoxy) is 1. The van der Waals surface area contributed by atoms with Crippen LogP contribution in [0.4, 0.5) is 0 Å². The molecule has 1 fully saturated rings. The molecule has 0 spiro atoms. The summed E-state index contributed by atoms with van der Waals surface area (Å²) in [6.45, 7) is 1.57. The van der Waals surface area contributed by atoms with Crippen LogP contribution in [-0.2, 0) is 9.53 Å². The summed E-state index contributed by atoms with van der Waals surface area (Å²) < 4.78 is 4.81. The average molecular weight is 205 g/mol. The van der Waals surface area contributed by atoms with Crippen LogP contribution >= 0.6 is 0 Å². The van der Waals surface area contributed by atoms with Gasteiger partial charge in [0.25, 0.3) is 0 Å². The molecule has 1 saturated heterocycles. The van der Waals surface area contributed by atoms with Crippen LogP contribution in [0, 0.1) is 5.92 Å². The standard InChI is InChI=1S/C12H15NO2/c1-15-12(14)11-8-13-7-10(11)9-5-3-2-4-6-9/h2-6,10-11,13H,7-8H2,1H3. The van der Waals surface area contributed by atoms with Gasteiger partial charge in [0.1, 0.15) is 0 Å². The molecule has 1 aliphatic rings. The van der Waals surface area contributed by atoms with Crippen LogP contribution in [0.25, 0.3) is 0 Å². The molecule has 0 bridgehead atoms. The molecule has 3 heteroatoms. The third kappa shape index (κ3) is 2.02. The van der Waals surface area contributed by atoms with Gasteiger partial charge in [-0.15, -0.1) is 0 Å². The van der Waals surface area contributed by atoms with Crippen molar-refractivity contribution >= 4 is 5.97 Å². The van der Waals surface area contributed by atoms with E-state index in [1.165, 1.54) is 12.7 Å². The van der Waals surface area contributed by atoms with Gasteiger partial charge in [0.2, 0.25) is 0 Å². The zero-order valence-corrected chi connectivity index (χ0v) is 8.77. The maximum absolute atomic E-state index is 11.5. The van der Waals surface area contributed by atoms with Crippen molar-refractivity contribution in [2.45, 2.75) is 5.92 Å². The Kier molecular flexibility index (Phi) is 3.02. The summed E-state index contributed by atoms with van der Waals surface area (Å²) in [6, 6.07) is 10.1. The molecular formula is C12H15NO2. The number of benzene rings is 1. The highest BCUT2D eigenvalue weighted by Crippen LogP contribution is 2.28. The van der Waals surface area contributed by atoms with Crippen LogP contribution < -0.4 is 5.32 Å². The summed E-state index contributed by atoms with van der Waals surface area (Å²) in [5, 5.41) is 3.24. The molecule has 1 N–H and O–H groups in total. The highest BCUT2D eigenvalue weighted by molar-refractivity contribution is 5.74. The van der Waals surface area contributed by atoms with Crippen molar-refractivity contribution in [1.29, 1.82) is 0 Å². The van der Waals surface area contributed by atoms with Crippen LogP contribution in [0.5, 0.6) is 0 Å². The fourth-order valence-electron chi connectivity index (χ4n) is 2.13. The highest BCUT2D eigenvalue weighted by Gasteiger charge is 2.34. The van der Waals surface area contributed by atoms with Crippen molar-refractivity contribution in [3.63, 3.8) is 0 Å². The lowest BCUT2D eigenvalue weighted by Gasteiger charge is -2.16. The Morgan fingerprint density at radius 2 is 2.07 bits per heavy atom. The van der Waals surface area contributed by atoms with Crippen molar-refractivity contribution in [3.8, 4) is 0 Å². The summed E-state index contributed by atoms with van der Waals surface area (Å²) in [5.41, 5.74) is 1.21. The summed E-state index contributed by atoms with van der Waals surface area (Å²) in [7, 11) is 1.45. The number of hydrogen-bond acceptors (Lipinski definition) is 3. The third-order valence-corrected chi connectivity index (χ3v) is 2.95. The molecule has 1 aromatic rings. The largest absolute Gasteiger partial charge is 0.469 e. The Hall–Kier alpha value is -1.35. The topological polar surface area (TPSA) is 38.3 Å². The summed E-state index contributed by atoms with van der Waals surface area (Å²) in [4.78, 5) is 11.5. The van der Waals surface area contributed by atoms with Crippen LogP contribution in [0.1, 0.15) is 11.5 Å². The van der Waals surface area contributed by atoms with Crippen LogP contribution in [0.15, 0.2) is 30.3 Å². The molecule has 1 aliphatic heterocycles. The van der Waals surface area contributed by atoms with E-state index in [0.717, 1.165) is 6.54 Å². The first-order valence-electron chi connectivity index (χ1n) is 5.16. The number of esters is 1. The fourth-order valence-corrected chi connectivity index (χ4v) is 2.13. The molecule has 2 atom stereocenters. The smallest absolute Gasteiger partial charge is 0.310 e. The molecule has 3 nitrogen and oxygen atoms in total. The van der Waals surface area contributed by atoms with E-state index in [1.54, 1.807) is 0 Å². The van der Waals surface area contributed by atoms with Crippen molar-refractivity contribution in [3.05, 3.63) is 35.9 Å². The van der Waals surface area contributed by atoms with Gasteiger partial charge in [-0.05, 0) is 5.56 Å². The number of nitrogens with one attached hydrogen (secondary N) is 1. The molecule has 0 aromatic heterocycles.